The Kier molecular flexibility index (Phi) is 5.17. The van der Waals surface area contributed by atoms with Crippen molar-refractivity contribution in [3.63, 3.8) is 0 Å². The Morgan fingerprint density at radius 1 is 0.923 bits per heavy atom. The number of hydrogen-bond acceptors (Lipinski definition) is 3. The summed E-state index contributed by atoms with van der Waals surface area (Å²) >= 11 is 0. The van der Waals surface area contributed by atoms with E-state index in [-0.39, 0.29) is 6.03 Å². The van der Waals surface area contributed by atoms with Gasteiger partial charge in [-0.15, -0.1) is 0 Å². The molecule has 2 N–H and O–H groups in total. The Balaban J connectivity index is 1.90. The smallest absolute Gasteiger partial charge is 0.320 e. The molecule has 3 rings (SSSR count). The third-order valence-corrected chi connectivity index (χ3v) is 4.28. The second kappa shape index (κ2) is 7.70. The van der Waals surface area contributed by atoms with Crippen LogP contribution in [0.5, 0.6) is 5.88 Å². The number of benzene rings is 2. The summed E-state index contributed by atoms with van der Waals surface area (Å²) in [5, 5.41) is 5.91. The minimum atomic E-state index is -0.692. The van der Waals surface area contributed by atoms with Crippen LogP contribution in [0.25, 0.3) is 0 Å². The number of hydrogen-bond donors (Lipinski definition) is 2. The first-order valence-corrected chi connectivity index (χ1v) is 8.33. The number of nitrogens with one attached hydrogen (secondary N) is 2. The first kappa shape index (κ1) is 17.5. The highest BCUT2D eigenvalue weighted by Gasteiger charge is 2.30. The molecule has 0 bridgehead atoms. The Hall–Kier alpha value is -3.34. The lowest BCUT2D eigenvalue weighted by molar-refractivity contribution is 0.244. The van der Waals surface area contributed by atoms with Gasteiger partial charge in [0.1, 0.15) is 5.69 Å². The van der Waals surface area contributed by atoms with E-state index in [2.05, 4.69) is 15.6 Å². The highest BCUT2D eigenvalue weighted by atomic mass is 16.5. The Bertz CT molecular complexity index is 827. The summed E-state index contributed by atoms with van der Waals surface area (Å²) in [5.41, 5.74) is 1.79. The number of methoxy groups -OCH3 is 1. The molecule has 0 saturated carbocycles. The van der Waals surface area contributed by atoms with E-state index in [4.69, 9.17) is 4.74 Å². The van der Waals surface area contributed by atoms with Crippen molar-refractivity contribution < 1.29 is 9.53 Å². The van der Waals surface area contributed by atoms with Gasteiger partial charge in [-0.2, -0.15) is 0 Å². The van der Waals surface area contributed by atoms with E-state index < -0.39 is 5.54 Å². The van der Waals surface area contributed by atoms with Crippen molar-refractivity contribution in [2.24, 2.45) is 0 Å². The third-order valence-electron chi connectivity index (χ3n) is 4.28. The van der Waals surface area contributed by atoms with Crippen LogP contribution in [0.3, 0.4) is 0 Å². The molecule has 1 aromatic heterocycles. The molecule has 0 aliphatic carbocycles. The van der Waals surface area contributed by atoms with Crippen molar-refractivity contribution in [3.05, 3.63) is 90.1 Å². The molecule has 26 heavy (non-hydrogen) atoms. The van der Waals surface area contributed by atoms with Crippen LogP contribution >= 0.6 is 0 Å². The zero-order chi connectivity index (χ0) is 18.4. The van der Waals surface area contributed by atoms with Crippen LogP contribution in [0.4, 0.5) is 10.5 Å². The van der Waals surface area contributed by atoms with Gasteiger partial charge in [-0.3, -0.25) is 0 Å². The number of anilines is 1. The Morgan fingerprint density at radius 2 is 1.50 bits per heavy atom. The Labute approximate surface area is 153 Å². The lowest BCUT2D eigenvalue weighted by Gasteiger charge is -2.32. The molecule has 132 valence electrons. The standard InChI is InChI=1S/C21H21N3O2/c1-21(16-10-5-3-6-11-16,17-12-7-4-8-13-17)24-20(25)23-18-14-9-15-22-19(18)26-2/h3-15H,1-2H3,(H2,23,24,25). The zero-order valence-electron chi connectivity index (χ0n) is 14.8. The van der Waals surface area contributed by atoms with Gasteiger partial charge >= 0.3 is 6.03 Å². The molecule has 0 spiro atoms. The molecule has 0 aliphatic rings. The fourth-order valence-electron chi connectivity index (χ4n) is 2.88. The number of carbonyl (C=O) groups excluding carboxylic acids is 1. The molecule has 5 nitrogen and oxygen atoms in total. The minimum Gasteiger partial charge on any atom is -0.480 e. The van der Waals surface area contributed by atoms with E-state index in [0.29, 0.717) is 11.6 Å². The first-order valence-electron chi connectivity index (χ1n) is 8.33. The van der Waals surface area contributed by atoms with Gasteiger partial charge in [0.05, 0.1) is 12.6 Å². The van der Waals surface area contributed by atoms with Crippen LogP contribution < -0.4 is 15.4 Å². The number of urea groups is 1. The van der Waals surface area contributed by atoms with Gasteiger partial charge in [-0.05, 0) is 30.2 Å². The summed E-state index contributed by atoms with van der Waals surface area (Å²) in [7, 11) is 1.52. The topological polar surface area (TPSA) is 63.2 Å². The van der Waals surface area contributed by atoms with Crippen LogP contribution in [0, 0.1) is 0 Å². The number of ether oxygens (including phenoxy) is 1. The van der Waals surface area contributed by atoms with Crippen LogP contribution in [0.1, 0.15) is 18.1 Å². The maximum atomic E-state index is 12.7. The fraction of sp³-hybridized carbons (Fsp3) is 0.143. The van der Waals surface area contributed by atoms with Gasteiger partial charge in [0, 0.05) is 6.20 Å². The van der Waals surface area contributed by atoms with Gasteiger partial charge in [0.2, 0.25) is 5.88 Å². The molecular formula is C21H21N3O2. The predicted molar refractivity (Wildman–Crippen MR) is 102 cm³/mol. The molecular weight excluding hydrogens is 326 g/mol. The van der Waals surface area contributed by atoms with E-state index in [1.54, 1.807) is 18.3 Å². The summed E-state index contributed by atoms with van der Waals surface area (Å²) < 4.78 is 5.19. The van der Waals surface area contributed by atoms with E-state index in [0.717, 1.165) is 11.1 Å². The van der Waals surface area contributed by atoms with Crippen LogP contribution in [0.15, 0.2) is 79.0 Å². The van der Waals surface area contributed by atoms with Crippen molar-refractivity contribution >= 4 is 11.7 Å². The number of rotatable bonds is 5. The first-order chi connectivity index (χ1) is 12.6. The van der Waals surface area contributed by atoms with Gasteiger partial charge in [-0.1, -0.05) is 60.7 Å². The monoisotopic (exact) mass is 347 g/mol. The normalized spacial score (nSPS) is 10.8. The molecule has 0 unspecified atom stereocenters. The van der Waals surface area contributed by atoms with Gasteiger partial charge in [-0.25, -0.2) is 9.78 Å². The average Bonchev–Trinajstić information content (AvgIpc) is 2.69. The van der Waals surface area contributed by atoms with Crippen molar-refractivity contribution in [1.82, 2.24) is 10.3 Å². The lowest BCUT2D eigenvalue weighted by atomic mass is 9.85. The molecule has 0 aliphatic heterocycles. The molecule has 0 saturated heterocycles. The van der Waals surface area contributed by atoms with Crippen molar-refractivity contribution in [2.75, 3.05) is 12.4 Å². The fourth-order valence-corrected chi connectivity index (χ4v) is 2.88. The largest absolute Gasteiger partial charge is 0.480 e. The molecule has 0 fully saturated rings. The van der Waals surface area contributed by atoms with Crippen LogP contribution in [0.2, 0.25) is 0 Å². The second-order valence-corrected chi connectivity index (χ2v) is 6.00. The van der Waals surface area contributed by atoms with Gasteiger partial charge in [0.25, 0.3) is 0 Å². The van der Waals surface area contributed by atoms with Gasteiger partial charge < -0.3 is 15.4 Å². The van der Waals surface area contributed by atoms with E-state index in [1.807, 2.05) is 67.6 Å². The molecule has 0 radical (unpaired) electrons. The minimum absolute atomic E-state index is 0.341. The van der Waals surface area contributed by atoms with Crippen molar-refractivity contribution in [3.8, 4) is 5.88 Å². The maximum absolute atomic E-state index is 12.7. The lowest BCUT2D eigenvalue weighted by Crippen LogP contribution is -2.46. The number of amides is 2. The Morgan fingerprint density at radius 3 is 2.04 bits per heavy atom. The highest BCUT2D eigenvalue weighted by Crippen LogP contribution is 2.29. The van der Waals surface area contributed by atoms with E-state index in [9.17, 15) is 4.79 Å². The van der Waals surface area contributed by atoms with E-state index >= 15 is 0 Å². The predicted octanol–water partition coefficient (Wildman–Crippen LogP) is 4.18. The summed E-state index contributed by atoms with van der Waals surface area (Å²) in [6.07, 6.45) is 1.61. The van der Waals surface area contributed by atoms with Crippen molar-refractivity contribution in [2.45, 2.75) is 12.5 Å². The summed E-state index contributed by atoms with van der Waals surface area (Å²) in [5.74, 6) is 0.365. The van der Waals surface area contributed by atoms with Crippen LogP contribution in [-0.4, -0.2) is 18.1 Å². The summed E-state index contributed by atoms with van der Waals surface area (Å²) in [6.45, 7) is 1.98. The molecule has 2 aromatic carbocycles. The molecule has 5 heteroatoms. The SMILES string of the molecule is COc1ncccc1NC(=O)NC(C)(c1ccccc1)c1ccccc1. The quantitative estimate of drug-likeness (QED) is 0.728. The maximum Gasteiger partial charge on any atom is 0.320 e. The van der Waals surface area contributed by atoms with E-state index in [1.165, 1.54) is 7.11 Å². The summed E-state index contributed by atoms with van der Waals surface area (Å²) in [4.78, 5) is 16.8. The van der Waals surface area contributed by atoms with Gasteiger partial charge in [0.15, 0.2) is 0 Å². The van der Waals surface area contributed by atoms with Crippen LogP contribution in [-0.2, 0) is 5.54 Å². The molecule has 2 amide bonds. The number of carbonyl (C=O) groups is 1. The molecule has 0 atom stereocenters. The number of aromatic nitrogens is 1. The average molecular weight is 347 g/mol. The van der Waals surface area contributed by atoms with Crippen molar-refractivity contribution in [1.29, 1.82) is 0 Å². The second-order valence-electron chi connectivity index (χ2n) is 6.00. The number of nitrogens with zero attached hydrogens (tertiary/aromatic N) is 1. The summed E-state index contributed by atoms with van der Waals surface area (Å²) in [6, 6.07) is 22.9. The zero-order valence-corrected chi connectivity index (χ0v) is 14.8. The molecule has 3 aromatic rings. The highest BCUT2D eigenvalue weighted by molar-refractivity contribution is 5.91. The number of pyridine rings is 1. The molecule has 1 heterocycles. The third kappa shape index (κ3) is 3.67.